The Kier molecular flexibility index (Phi) is 4.01. The number of nitrogens with zero attached hydrogens (tertiary/aromatic N) is 2. The third-order valence-electron chi connectivity index (χ3n) is 3.50. The summed E-state index contributed by atoms with van der Waals surface area (Å²) in [6.45, 7) is 2.90. The molecule has 1 atom stereocenters. The molecule has 0 radical (unpaired) electrons. The monoisotopic (exact) mass is 304 g/mol. The third kappa shape index (κ3) is 2.97. The van der Waals surface area contributed by atoms with Crippen molar-refractivity contribution in [3.63, 3.8) is 0 Å². The summed E-state index contributed by atoms with van der Waals surface area (Å²) in [6.07, 6.45) is 4.64. The number of benzene rings is 1. The molecule has 2 aromatic heterocycles. The van der Waals surface area contributed by atoms with Gasteiger partial charge in [0.05, 0.1) is 12.2 Å². The Balaban J connectivity index is 1.86. The highest BCUT2D eigenvalue weighted by Crippen LogP contribution is 2.31. The lowest BCUT2D eigenvalue weighted by Crippen LogP contribution is -2.28. The van der Waals surface area contributed by atoms with Gasteiger partial charge in [-0.2, -0.15) is 5.10 Å². The number of aryl methyl sites for hydroxylation is 1. The average molecular weight is 304 g/mol. The van der Waals surface area contributed by atoms with Crippen LogP contribution in [0.25, 0.3) is 10.1 Å². The van der Waals surface area contributed by atoms with Crippen LogP contribution in [-0.4, -0.2) is 9.78 Å². The highest BCUT2D eigenvalue weighted by Gasteiger charge is 2.15. The largest absolute Gasteiger partial charge is 0.273 e. The Hall–Kier alpha value is -1.76. The van der Waals surface area contributed by atoms with E-state index in [1.165, 1.54) is 6.07 Å². The van der Waals surface area contributed by atoms with E-state index in [1.807, 2.05) is 17.1 Å². The second-order valence-corrected chi connectivity index (χ2v) is 6.07. The SMILES string of the molecule is CCn1cc(CC(NN)c2cc3ccc(F)cc3s2)cn1. The topological polar surface area (TPSA) is 55.9 Å². The first-order valence-electron chi connectivity index (χ1n) is 6.86. The maximum Gasteiger partial charge on any atom is 0.124 e. The molecule has 1 aromatic carbocycles. The summed E-state index contributed by atoms with van der Waals surface area (Å²) in [5.41, 5.74) is 3.98. The van der Waals surface area contributed by atoms with Crippen LogP contribution >= 0.6 is 11.3 Å². The highest BCUT2D eigenvalue weighted by atomic mass is 32.1. The van der Waals surface area contributed by atoms with Crippen LogP contribution in [0.4, 0.5) is 4.39 Å². The minimum atomic E-state index is -0.211. The van der Waals surface area contributed by atoms with Gasteiger partial charge in [0.25, 0.3) is 0 Å². The van der Waals surface area contributed by atoms with E-state index in [1.54, 1.807) is 23.5 Å². The molecule has 0 aliphatic heterocycles. The molecule has 0 aliphatic rings. The molecule has 3 aromatic rings. The summed E-state index contributed by atoms with van der Waals surface area (Å²) in [6, 6.07) is 6.91. The highest BCUT2D eigenvalue weighted by molar-refractivity contribution is 7.19. The molecule has 110 valence electrons. The normalized spacial score (nSPS) is 12.9. The maximum absolute atomic E-state index is 13.3. The van der Waals surface area contributed by atoms with Crippen LogP contribution in [0, 0.1) is 5.82 Å². The number of rotatable bonds is 5. The average Bonchev–Trinajstić information content (AvgIpc) is 3.10. The van der Waals surface area contributed by atoms with Gasteiger partial charge in [0.1, 0.15) is 5.82 Å². The number of halogens is 1. The van der Waals surface area contributed by atoms with Crippen LogP contribution in [0.3, 0.4) is 0 Å². The minimum absolute atomic E-state index is 0.0000302. The van der Waals surface area contributed by atoms with Crippen LogP contribution < -0.4 is 11.3 Å². The van der Waals surface area contributed by atoms with Gasteiger partial charge in [-0.05, 0) is 42.5 Å². The standard InChI is InChI=1S/C15H17FN4S/c1-2-20-9-10(8-18-20)5-13(19-17)15-6-11-3-4-12(16)7-14(11)21-15/h3-4,6-9,13,19H,2,5,17H2,1H3. The van der Waals surface area contributed by atoms with Gasteiger partial charge in [0.2, 0.25) is 0 Å². The molecule has 0 aliphatic carbocycles. The fourth-order valence-electron chi connectivity index (χ4n) is 2.36. The Morgan fingerprint density at radius 3 is 3.00 bits per heavy atom. The van der Waals surface area contributed by atoms with E-state index in [0.717, 1.165) is 33.5 Å². The molecule has 0 saturated heterocycles. The molecular weight excluding hydrogens is 287 g/mol. The lowest BCUT2D eigenvalue weighted by atomic mass is 10.1. The van der Waals surface area contributed by atoms with Gasteiger partial charge in [0, 0.05) is 22.3 Å². The van der Waals surface area contributed by atoms with Gasteiger partial charge >= 0.3 is 0 Å². The maximum atomic E-state index is 13.3. The lowest BCUT2D eigenvalue weighted by molar-refractivity contribution is 0.560. The summed E-state index contributed by atoms with van der Waals surface area (Å²) < 4.78 is 16.1. The molecule has 0 bridgehead atoms. The van der Waals surface area contributed by atoms with Crippen molar-refractivity contribution < 1.29 is 4.39 Å². The number of hydrogen-bond acceptors (Lipinski definition) is 4. The van der Waals surface area contributed by atoms with Crippen molar-refractivity contribution in [2.45, 2.75) is 25.9 Å². The third-order valence-corrected chi connectivity index (χ3v) is 4.71. The molecule has 21 heavy (non-hydrogen) atoms. The molecule has 1 unspecified atom stereocenters. The van der Waals surface area contributed by atoms with Crippen molar-refractivity contribution in [2.24, 2.45) is 5.84 Å². The van der Waals surface area contributed by atoms with Gasteiger partial charge in [-0.25, -0.2) is 4.39 Å². The second-order valence-electron chi connectivity index (χ2n) is 4.96. The summed E-state index contributed by atoms with van der Waals surface area (Å²) in [5.74, 6) is 5.49. The fraction of sp³-hybridized carbons (Fsp3) is 0.267. The molecular formula is C15H17FN4S. The number of aromatic nitrogens is 2. The summed E-state index contributed by atoms with van der Waals surface area (Å²) >= 11 is 1.57. The van der Waals surface area contributed by atoms with E-state index < -0.39 is 0 Å². The van der Waals surface area contributed by atoms with Crippen LogP contribution in [0.1, 0.15) is 23.4 Å². The molecule has 0 fully saturated rings. The minimum Gasteiger partial charge on any atom is -0.273 e. The van der Waals surface area contributed by atoms with Crippen LogP contribution in [0.5, 0.6) is 0 Å². The number of nitrogens with one attached hydrogen (secondary N) is 1. The van der Waals surface area contributed by atoms with Crippen molar-refractivity contribution in [3.05, 3.63) is 52.9 Å². The Labute approximate surface area is 126 Å². The Morgan fingerprint density at radius 2 is 2.29 bits per heavy atom. The Morgan fingerprint density at radius 1 is 1.43 bits per heavy atom. The van der Waals surface area contributed by atoms with Gasteiger partial charge in [-0.3, -0.25) is 16.0 Å². The van der Waals surface area contributed by atoms with E-state index in [4.69, 9.17) is 5.84 Å². The van der Waals surface area contributed by atoms with E-state index in [-0.39, 0.29) is 11.9 Å². The Bertz CT molecular complexity index is 749. The van der Waals surface area contributed by atoms with Crippen LogP contribution in [0.15, 0.2) is 36.7 Å². The van der Waals surface area contributed by atoms with Crippen molar-refractivity contribution in [1.82, 2.24) is 15.2 Å². The molecule has 0 amide bonds. The summed E-state index contributed by atoms with van der Waals surface area (Å²) in [7, 11) is 0. The van der Waals surface area contributed by atoms with Crippen molar-refractivity contribution in [2.75, 3.05) is 0 Å². The van der Waals surface area contributed by atoms with Crippen molar-refractivity contribution in [3.8, 4) is 0 Å². The van der Waals surface area contributed by atoms with E-state index in [0.29, 0.717) is 0 Å². The zero-order valence-electron chi connectivity index (χ0n) is 11.7. The second kappa shape index (κ2) is 5.93. The van der Waals surface area contributed by atoms with E-state index in [9.17, 15) is 4.39 Å². The number of nitrogens with two attached hydrogens (primary N) is 1. The number of hydrogen-bond donors (Lipinski definition) is 2. The fourth-order valence-corrected chi connectivity index (χ4v) is 3.51. The zero-order chi connectivity index (χ0) is 14.8. The van der Waals surface area contributed by atoms with Crippen molar-refractivity contribution >= 4 is 21.4 Å². The molecule has 0 saturated carbocycles. The predicted molar refractivity (Wildman–Crippen MR) is 83.5 cm³/mol. The van der Waals surface area contributed by atoms with Crippen LogP contribution in [0.2, 0.25) is 0 Å². The molecule has 4 nitrogen and oxygen atoms in total. The summed E-state index contributed by atoms with van der Waals surface area (Å²) in [5, 5.41) is 5.31. The first kappa shape index (κ1) is 14.2. The predicted octanol–water partition coefficient (Wildman–Crippen LogP) is 3.00. The van der Waals surface area contributed by atoms with Crippen LogP contribution in [-0.2, 0) is 13.0 Å². The van der Waals surface area contributed by atoms with Gasteiger partial charge < -0.3 is 0 Å². The molecule has 2 heterocycles. The van der Waals surface area contributed by atoms with Gasteiger partial charge in [0.15, 0.2) is 0 Å². The summed E-state index contributed by atoms with van der Waals surface area (Å²) in [4.78, 5) is 1.10. The number of fused-ring (bicyclic) bond motifs is 1. The zero-order valence-corrected chi connectivity index (χ0v) is 12.5. The lowest BCUT2D eigenvalue weighted by Gasteiger charge is -2.12. The van der Waals surface area contributed by atoms with Gasteiger partial charge in [-0.15, -0.1) is 11.3 Å². The quantitative estimate of drug-likeness (QED) is 0.563. The van der Waals surface area contributed by atoms with E-state index >= 15 is 0 Å². The smallest absolute Gasteiger partial charge is 0.124 e. The number of thiophene rings is 1. The molecule has 3 N–H and O–H groups in total. The van der Waals surface area contributed by atoms with Gasteiger partial charge in [-0.1, -0.05) is 6.07 Å². The first-order valence-corrected chi connectivity index (χ1v) is 7.67. The van der Waals surface area contributed by atoms with E-state index in [2.05, 4.69) is 23.5 Å². The molecule has 6 heteroatoms. The molecule has 0 spiro atoms. The number of hydrazine groups is 1. The van der Waals surface area contributed by atoms with Crippen molar-refractivity contribution in [1.29, 1.82) is 0 Å². The molecule has 3 rings (SSSR count). The first-order chi connectivity index (χ1) is 10.2.